The third-order valence-corrected chi connectivity index (χ3v) is 0.940. The Labute approximate surface area is 87.8 Å². The maximum atomic E-state index is 9.44. The van der Waals surface area contributed by atoms with E-state index in [2.05, 4.69) is 19.1 Å². The van der Waals surface area contributed by atoms with Crippen molar-refractivity contribution in [3.05, 3.63) is 35.9 Å². The normalized spacial score (nSPS) is 7.25. The number of carbonyl (C=O) groups excluding carboxylic acids is 1. The fourth-order valence-corrected chi connectivity index (χ4v) is 0.534. The van der Waals surface area contributed by atoms with Crippen LogP contribution in [0.25, 0.3) is 0 Å². The predicted octanol–water partition coefficient (Wildman–Crippen LogP) is 2.59. The van der Waals surface area contributed by atoms with Gasteiger partial charge in [0, 0.05) is 20.4 Å². The molecule has 0 aliphatic heterocycles. The molecule has 0 aliphatic carbocycles. The Hall–Kier alpha value is -0.448. The van der Waals surface area contributed by atoms with Crippen LogP contribution in [0.15, 0.2) is 30.3 Å². The second kappa shape index (κ2) is 8.65. The smallest absolute Gasteiger partial charge is 0.126 e. The first-order valence-corrected chi connectivity index (χ1v) is 3.61. The number of benzene rings is 1. The molecule has 70 valence electrons. The first kappa shape index (κ1) is 14.1. The molecule has 1 aromatic rings. The summed E-state index contributed by atoms with van der Waals surface area (Å²) in [5, 5.41) is 0. The molecule has 1 nitrogen and oxygen atoms in total. The van der Waals surface area contributed by atoms with Crippen LogP contribution in [-0.2, 0) is 25.2 Å². The Morgan fingerprint density at radius 3 is 1.58 bits per heavy atom. The molecule has 12 heavy (non-hydrogen) atoms. The summed E-state index contributed by atoms with van der Waals surface area (Å²) in [5.74, 6) is 0.167. The number of Topliss-reactive ketones (excluding diaryl/α,β-unsaturated/α-hetero) is 1. The Bertz CT molecular complexity index is 202. The van der Waals surface area contributed by atoms with Gasteiger partial charge in [0.1, 0.15) is 5.78 Å². The SMILES string of the molecule is CC(C)=O.Cc1ccccc1.[Pd]. The molecule has 0 bridgehead atoms. The summed E-state index contributed by atoms with van der Waals surface area (Å²) in [6.07, 6.45) is 0. The molecule has 0 aromatic heterocycles. The fourth-order valence-electron chi connectivity index (χ4n) is 0.534. The van der Waals surface area contributed by atoms with E-state index in [0.717, 1.165) is 0 Å². The fraction of sp³-hybridized carbons (Fsp3) is 0.300. The van der Waals surface area contributed by atoms with Crippen LogP contribution >= 0.6 is 0 Å². The minimum absolute atomic E-state index is 0. The van der Waals surface area contributed by atoms with Crippen molar-refractivity contribution in [1.29, 1.82) is 0 Å². The van der Waals surface area contributed by atoms with Gasteiger partial charge in [-0.05, 0) is 20.8 Å². The van der Waals surface area contributed by atoms with E-state index in [1.165, 1.54) is 19.4 Å². The molecule has 0 radical (unpaired) electrons. The van der Waals surface area contributed by atoms with E-state index in [9.17, 15) is 4.79 Å². The number of carbonyl (C=O) groups is 1. The number of ketones is 1. The Kier molecular flexibility index (Phi) is 10.2. The van der Waals surface area contributed by atoms with Crippen molar-refractivity contribution < 1.29 is 25.2 Å². The molecular weight excluding hydrogens is 243 g/mol. The second-order valence-corrected chi connectivity index (χ2v) is 2.56. The molecule has 0 heterocycles. The zero-order chi connectivity index (χ0) is 8.69. The summed E-state index contributed by atoms with van der Waals surface area (Å²) in [4.78, 5) is 9.44. The van der Waals surface area contributed by atoms with Crippen LogP contribution in [0.2, 0.25) is 0 Å². The van der Waals surface area contributed by atoms with Gasteiger partial charge < -0.3 is 4.79 Å². The van der Waals surface area contributed by atoms with E-state index in [-0.39, 0.29) is 26.2 Å². The number of rotatable bonds is 0. The third kappa shape index (κ3) is 12.2. The van der Waals surface area contributed by atoms with E-state index in [0.29, 0.717) is 0 Å². The van der Waals surface area contributed by atoms with Crippen LogP contribution in [0, 0.1) is 6.92 Å². The van der Waals surface area contributed by atoms with Crippen LogP contribution < -0.4 is 0 Å². The molecule has 2 heteroatoms. The van der Waals surface area contributed by atoms with Crippen molar-refractivity contribution in [2.45, 2.75) is 20.8 Å². The van der Waals surface area contributed by atoms with Crippen molar-refractivity contribution in [3.8, 4) is 0 Å². The van der Waals surface area contributed by atoms with Crippen LogP contribution in [0.5, 0.6) is 0 Å². The molecule has 1 aromatic carbocycles. The van der Waals surface area contributed by atoms with E-state index >= 15 is 0 Å². The summed E-state index contributed by atoms with van der Waals surface area (Å²) in [6, 6.07) is 10.3. The van der Waals surface area contributed by atoms with Crippen LogP contribution in [0.1, 0.15) is 19.4 Å². The Morgan fingerprint density at radius 2 is 1.42 bits per heavy atom. The standard InChI is InChI=1S/C7H8.C3H6O.Pd/c1-7-5-3-2-4-6-7;1-3(2)4;/h2-6H,1H3;1-2H3;. The van der Waals surface area contributed by atoms with Gasteiger partial charge in [-0.2, -0.15) is 0 Å². The molecular formula is C10H14OPd. The minimum atomic E-state index is 0. The van der Waals surface area contributed by atoms with Crippen molar-refractivity contribution in [2.75, 3.05) is 0 Å². The zero-order valence-electron chi connectivity index (χ0n) is 7.61. The molecule has 0 amide bonds. The molecule has 0 aliphatic rings. The van der Waals surface area contributed by atoms with Gasteiger partial charge in [0.2, 0.25) is 0 Å². The maximum Gasteiger partial charge on any atom is 0.126 e. The van der Waals surface area contributed by atoms with E-state index in [1.807, 2.05) is 18.2 Å². The minimum Gasteiger partial charge on any atom is -0.300 e. The van der Waals surface area contributed by atoms with Crippen LogP contribution in [0.4, 0.5) is 0 Å². The number of aryl methyl sites for hydroxylation is 1. The van der Waals surface area contributed by atoms with Crippen LogP contribution in [-0.4, -0.2) is 5.78 Å². The third-order valence-electron chi connectivity index (χ3n) is 0.940. The molecule has 1 rings (SSSR count). The summed E-state index contributed by atoms with van der Waals surface area (Å²) < 4.78 is 0. The average molecular weight is 257 g/mol. The summed E-state index contributed by atoms with van der Waals surface area (Å²) in [5.41, 5.74) is 1.32. The van der Waals surface area contributed by atoms with Crippen molar-refractivity contribution in [2.24, 2.45) is 0 Å². The van der Waals surface area contributed by atoms with E-state index in [4.69, 9.17) is 0 Å². The molecule has 0 N–H and O–H groups in total. The van der Waals surface area contributed by atoms with Gasteiger partial charge in [-0.3, -0.25) is 0 Å². The summed E-state index contributed by atoms with van der Waals surface area (Å²) >= 11 is 0. The molecule has 0 fully saturated rings. The monoisotopic (exact) mass is 256 g/mol. The number of hydrogen-bond acceptors (Lipinski definition) is 1. The van der Waals surface area contributed by atoms with Crippen molar-refractivity contribution in [1.82, 2.24) is 0 Å². The average Bonchev–Trinajstić information content (AvgIpc) is 1.87. The van der Waals surface area contributed by atoms with Gasteiger partial charge in [-0.15, -0.1) is 0 Å². The quantitative estimate of drug-likeness (QED) is 0.652. The first-order valence-electron chi connectivity index (χ1n) is 3.61. The second-order valence-electron chi connectivity index (χ2n) is 2.56. The predicted molar refractivity (Wildman–Crippen MR) is 47.5 cm³/mol. The molecule has 0 spiro atoms. The van der Waals surface area contributed by atoms with Crippen molar-refractivity contribution in [3.63, 3.8) is 0 Å². The molecule has 0 unspecified atom stereocenters. The van der Waals surface area contributed by atoms with Gasteiger partial charge in [0.25, 0.3) is 0 Å². The first-order chi connectivity index (χ1) is 5.13. The van der Waals surface area contributed by atoms with Crippen LogP contribution in [0.3, 0.4) is 0 Å². The Balaban J connectivity index is 0. The topological polar surface area (TPSA) is 17.1 Å². The van der Waals surface area contributed by atoms with Gasteiger partial charge >= 0.3 is 0 Å². The maximum absolute atomic E-state index is 9.44. The van der Waals surface area contributed by atoms with Crippen molar-refractivity contribution >= 4 is 5.78 Å². The van der Waals surface area contributed by atoms with Gasteiger partial charge in [-0.25, -0.2) is 0 Å². The number of hydrogen-bond donors (Lipinski definition) is 0. The summed E-state index contributed by atoms with van der Waals surface area (Å²) in [7, 11) is 0. The van der Waals surface area contributed by atoms with Gasteiger partial charge in [0.15, 0.2) is 0 Å². The largest absolute Gasteiger partial charge is 0.300 e. The van der Waals surface area contributed by atoms with E-state index < -0.39 is 0 Å². The molecule has 0 atom stereocenters. The van der Waals surface area contributed by atoms with Gasteiger partial charge in [0.05, 0.1) is 0 Å². The summed E-state index contributed by atoms with van der Waals surface area (Å²) in [6.45, 7) is 5.14. The Morgan fingerprint density at radius 1 is 1.08 bits per heavy atom. The zero-order valence-corrected chi connectivity index (χ0v) is 9.17. The van der Waals surface area contributed by atoms with E-state index in [1.54, 1.807) is 0 Å². The van der Waals surface area contributed by atoms with Gasteiger partial charge in [-0.1, -0.05) is 35.9 Å². The molecule has 0 saturated carbocycles. The molecule has 0 saturated heterocycles.